The smallest absolute Gasteiger partial charge is 0.213 e. The quantitative estimate of drug-likeness (QED) is 0.292. The molecule has 3 aromatic carbocycles. The minimum Gasteiger partial charge on any atom is -0.497 e. The first kappa shape index (κ1) is 23.3. The van der Waals surface area contributed by atoms with Crippen LogP contribution < -0.4 is 14.2 Å². The second-order valence-electron chi connectivity index (χ2n) is 9.21. The van der Waals surface area contributed by atoms with Crippen LogP contribution in [0, 0.1) is 0 Å². The van der Waals surface area contributed by atoms with Gasteiger partial charge < -0.3 is 14.2 Å². The number of hydrogen-bond acceptors (Lipinski definition) is 5. The average molecular weight is 471 g/mol. The highest BCUT2D eigenvalue weighted by Gasteiger charge is 2.40. The largest absolute Gasteiger partial charge is 0.497 e. The summed E-state index contributed by atoms with van der Waals surface area (Å²) in [6, 6.07) is 24.9. The Hall–Kier alpha value is -3.47. The van der Waals surface area contributed by atoms with E-state index in [1.165, 1.54) is 31.2 Å². The molecule has 3 aromatic rings. The van der Waals surface area contributed by atoms with Crippen molar-refractivity contribution in [3.05, 3.63) is 89.5 Å². The van der Waals surface area contributed by atoms with Crippen LogP contribution in [0.3, 0.4) is 0 Å². The van der Waals surface area contributed by atoms with E-state index in [1.54, 1.807) is 7.11 Å². The van der Waals surface area contributed by atoms with E-state index in [0.29, 0.717) is 0 Å². The Morgan fingerprint density at radius 2 is 1.63 bits per heavy atom. The van der Waals surface area contributed by atoms with Crippen LogP contribution in [-0.2, 0) is 0 Å². The molecule has 2 aliphatic rings. The molecule has 0 amide bonds. The standard InChI is InChI=1S/C30H34N2O3/c1-3-4-5-6-9-20-34-25-18-14-23(15-19-25)30-32-28(26-10-7-8-11-29(26)35-30)21-27(31-32)22-12-16-24(33-2)17-13-22/h7-8,10-19,28,30H,3-6,9,20-21H2,1-2H3/t28-,30+/m1/s1. The van der Waals surface area contributed by atoms with E-state index >= 15 is 0 Å². The lowest BCUT2D eigenvalue weighted by Crippen LogP contribution is -2.33. The van der Waals surface area contributed by atoms with Gasteiger partial charge >= 0.3 is 0 Å². The minimum atomic E-state index is -0.284. The number of rotatable bonds is 10. The molecule has 2 heterocycles. The van der Waals surface area contributed by atoms with E-state index in [0.717, 1.165) is 53.5 Å². The van der Waals surface area contributed by atoms with Crippen LogP contribution in [0.2, 0.25) is 0 Å². The summed E-state index contributed by atoms with van der Waals surface area (Å²) < 4.78 is 17.8. The predicted octanol–water partition coefficient (Wildman–Crippen LogP) is 7.29. The molecule has 0 radical (unpaired) electrons. The maximum Gasteiger partial charge on any atom is 0.213 e. The average Bonchev–Trinajstić information content (AvgIpc) is 3.36. The number of hydrogen-bond donors (Lipinski definition) is 0. The van der Waals surface area contributed by atoms with Crippen LogP contribution in [0.4, 0.5) is 0 Å². The minimum absolute atomic E-state index is 0.140. The zero-order valence-corrected chi connectivity index (χ0v) is 20.7. The number of ether oxygens (including phenoxy) is 3. The number of unbranched alkanes of at least 4 members (excludes halogenated alkanes) is 4. The van der Waals surface area contributed by atoms with Crippen LogP contribution in [0.1, 0.15) is 74.4 Å². The number of para-hydroxylation sites is 1. The summed E-state index contributed by atoms with van der Waals surface area (Å²) in [6.07, 6.45) is 6.74. The second-order valence-corrected chi connectivity index (χ2v) is 9.21. The van der Waals surface area contributed by atoms with Crippen molar-refractivity contribution in [1.29, 1.82) is 0 Å². The molecule has 0 saturated carbocycles. The fourth-order valence-corrected chi connectivity index (χ4v) is 4.84. The molecule has 5 nitrogen and oxygen atoms in total. The highest BCUT2D eigenvalue weighted by atomic mass is 16.5. The van der Waals surface area contributed by atoms with Crippen molar-refractivity contribution < 1.29 is 14.2 Å². The number of hydrazone groups is 1. The van der Waals surface area contributed by atoms with Gasteiger partial charge in [-0.2, -0.15) is 5.10 Å². The molecule has 0 aromatic heterocycles. The molecule has 182 valence electrons. The summed E-state index contributed by atoms with van der Waals surface area (Å²) in [5, 5.41) is 7.17. The van der Waals surface area contributed by atoms with Crippen LogP contribution >= 0.6 is 0 Å². The maximum atomic E-state index is 6.49. The van der Waals surface area contributed by atoms with Gasteiger partial charge in [0, 0.05) is 17.5 Å². The fraction of sp³-hybridized carbons (Fsp3) is 0.367. The predicted molar refractivity (Wildman–Crippen MR) is 139 cm³/mol. The molecule has 5 heteroatoms. The third kappa shape index (κ3) is 5.14. The Morgan fingerprint density at radius 3 is 2.40 bits per heavy atom. The monoisotopic (exact) mass is 470 g/mol. The first-order valence-electron chi connectivity index (χ1n) is 12.8. The van der Waals surface area contributed by atoms with Gasteiger partial charge in [0.15, 0.2) is 0 Å². The third-order valence-electron chi connectivity index (χ3n) is 6.80. The van der Waals surface area contributed by atoms with Crippen molar-refractivity contribution >= 4 is 5.71 Å². The van der Waals surface area contributed by atoms with Crippen LogP contribution in [0.25, 0.3) is 0 Å². The number of fused-ring (bicyclic) bond motifs is 3. The van der Waals surface area contributed by atoms with Gasteiger partial charge in [-0.15, -0.1) is 0 Å². The SMILES string of the molecule is CCCCCCCOc1ccc([C@@H]2Oc3ccccc3[C@H]3CC(c4ccc(OC)cc4)=NN32)cc1. The second kappa shape index (κ2) is 10.9. The van der Waals surface area contributed by atoms with Crippen molar-refractivity contribution in [1.82, 2.24) is 5.01 Å². The number of methoxy groups -OCH3 is 1. The first-order valence-corrected chi connectivity index (χ1v) is 12.8. The number of benzene rings is 3. The number of nitrogens with zero attached hydrogens (tertiary/aromatic N) is 2. The Labute approximate surface area is 208 Å². The molecular weight excluding hydrogens is 436 g/mol. The molecule has 5 rings (SSSR count). The van der Waals surface area contributed by atoms with Gasteiger partial charge in [0.1, 0.15) is 17.2 Å². The molecule has 0 aliphatic carbocycles. The fourth-order valence-electron chi connectivity index (χ4n) is 4.84. The van der Waals surface area contributed by atoms with Crippen molar-refractivity contribution in [3.63, 3.8) is 0 Å². The van der Waals surface area contributed by atoms with Crippen LogP contribution in [0.15, 0.2) is 77.9 Å². The van der Waals surface area contributed by atoms with E-state index in [9.17, 15) is 0 Å². The van der Waals surface area contributed by atoms with Gasteiger partial charge in [-0.1, -0.05) is 50.8 Å². The van der Waals surface area contributed by atoms with Crippen LogP contribution in [0.5, 0.6) is 17.2 Å². The van der Waals surface area contributed by atoms with Crippen molar-refractivity contribution in [2.75, 3.05) is 13.7 Å². The summed E-state index contributed by atoms with van der Waals surface area (Å²) in [7, 11) is 1.69. The summed E-state index contributed by atoms with van der Waals surface area (Å²) in [5.74, 6) is 2.68. The van der Waals surface area contributed by atoms with Gasteiger partial charge in [-0.25, -0.2) is 5.01 Å². The van der Waals surface area contributed by atoms with Gasteiger partial charge in [0.25, 0.3) is 0 Å². The van der Waals surface area contributed by atoms with Gasteiger partial charge in [0.05, 0.1) is 25.5 Å². The Balaban J connectivity index is 1.34. The van der Waals surface area contributed by atoms with E-state index in [-0.39, 0.29) is 12.3 Å². The maximum absolute atomic E-state index is 6.49. The van der Waals surface area contributed by atoms with E-state index < -0.39 is 0 Å². The molecule has 2 aliphatic heterocycles. The van der Waals surface area contributed by atoms with Crippen molar-refractivity contribution in [2.24, 2.45) is 5.10 Å². The molecule has 2 atom stereocenters. The summed E-state index contributed by atoms with van der Waals surface area (Å²) in [6.45, 7) is 3.00. The Bertz CT molecular complexity index is 1140. The summed E-state index contributed by atoms with van der Waals surface area (Å²) >= 11 is 0. The molecular formula is C30H34N2O3. The van der Waals surface area contributed by atoms with Gasteiger partial charge in [-0.05, 0) is 66.6 Å². The lowest BCUT2D eigenvalue weighted by Gasteiger charge is -2.38. The molecule has 35 heavy (non-hydrogen) atoms. The highest BCUT2D eigenvalue weighted by molar-refractivity contribution is 6.02. The molecule has 0 saturated heterocycles. The van der Waals surface area contributed by atoms with Crippen molar-refractivity contribution in [3.8, 4) is 17.2 Å². The first-order chi connectivity index (χ1) is 17.3. The lowest BCUT2D eigenvalue weighted by molar-refractivity contribution is -0.0190. The molecule has 0 bridgehead atoms. The molecule has 0 fully saturated rings. The lowest BCUT2D eigenvalue weighted by atomic mass is 9.96. The van der Waals surface area contributed by atoms with Crippen molar-refractivity contribution in [2.45, 2.75) is 57.7 Å². The Morgan fingerprint density at radius 1 is 0.886 bits per heavy atom. The zero-order valence-electron chi connectivity index (χ0n) is 20.7. The summed E-state index contributed by atoms with van der Waals surface area (Å²) in [4.78, 5) is 0. The Kier molecular flexibility index (Phi) is 7.22. The van der Waals surface area contributed by atoms with Crippen LogP contribution in [-0.4, -0.2) is 24.4 Å². The zero-order chi connectivity index (χ0) is 24.0. The van der Waals surface area contributed by atoms with Gasteiger partial charge in [0.2, 0.25) is 6.23 Å². The topological polar surface area (TPSA) is 43.3 Å². The molecule has 0 N–H and O–H groups in total. The highest BCUT2D eigenvalue weighted by Crippen LogP contribution is 2.47. The molecule has 0 unspecified atom stereocenters. The molecule has 0 spiro atoms. The van der Waals surface area contributed by atoms with E-state index in [4.69, 9.17) is 19.3 Å². The third-order valence-corrected chi connectivity index (χ3v) is 6.80. The summed E-state index contributed by atoms with van der Waals surface area (Å²) in [5.41, 5.74) is 4.42. The van der Waals surface area contributed by atoms with E-state index in [1.807, 2.05) is 30.3 Å². The van der Waals surface area contributed by atoms with E-state index in [2.05, 4.69) is 54.4 Å². The van der Waals surface area contributed by atoms with Gasteiger partial charge in [-0.3, -0.25) is 0 Å². The normalized spacial score (nSPS) is 18.3.